The lowest BCUT2D eigenvalue weighted by atomic mass is 10.1. The van der Waals surface area contributed by atoms with E-state index in [0.717, 1.165) is 18.4 Å². The van der Waals surface area contributed by atoms with Gasteiger partial charge in [-0.3, -0.25) is 4.79 Å². The molecular formula is C17H26IN5O3. The van der Waals surface area contributed by atoms with Crippen molar-refractivity contribution in [3.63, 3.8) is 0 Å². The van der Waals surface area contributed by atoms with Gasteiger partial charge in [0.15, 0.2) is 5.96 Å². The van der Waals surface area contributed by atoms with E-state index in [0.29, 0.717) is 37.8 Å². The van der Waals surface area contributed by atoms with Gasteiger partial charge in [-0.25, -0.2) is 9.79 Å². The minimum Gasteiger partial charge on any atom is -0.450 e. The smallest absolute Gasteiger partial charge is 0.409 e. The van der Waals surface area contributed by atoms with Crippen molar-refractivity contribution in [3.8, 4) is 0 Å². The first-order chi connectivity index (χ1) is 12.0. The lowest BCUT2D eigenvalue weighted by molar-refractivity contribution is 0.0961. The van der Waals surface area contributed by atoms with Crippen molar-refractivity contribution in [2.45, 2.75) is 32.4 Å². The average molecular weight is 475 g/mol. The highest BCUT2D eigenvalue weighted by molar-refractivity contribution is 14.0. The van der Waals surface area contributed by atoms with E-state index in [1.54, 1.807) is 30.0 Å². The normalized spacial score (nSPS) is 15.1. The molecule has 0 unspecified atom stereocenters. The topological polar surface area (TPSA) is 123 Å². The third kappa shape index (κ3) is 6.70. The summed E-state index contributed by atoms with van der Waals surface area (Å²) in [6, 6.07) is 7.16. The van der Waals surface area contributed by atoms with Gasteiger partial charge in [-0.15, -0.1) is 24.0 Å². The molecule has 144 valence electrons. The Bertz CT molecular complexity index is 645. The molecule has 26 heavy (non-hydrogen) atoms. The molecule has 1 saturated heterocycles. The second-order valence-corrected chi connectivity index (χ2v) is 5.87. The zero-order valence-electron chi connectivity index (χ0n) is 14.8. The van der Waals surface area contributed by atoms with Gasteiger partial charge in [-0.2, -0.15) is 0 Å². The summed E-state index contributed by atoms with van der Waals surface area (Å²) in [6.07, 6.45) is 1.30. The van der Waals surface area contributed by atoms with Gasteiger partial charge in [0.05, 0.1) is 13.2 Å². The second kappa shape index (κ2) is 10.8. The molecule has 0 aliphatic carbocycles. The van der Waals surface area contributed by atoms with Gasteiger partial charge in [0.2, 0.25) is 5.91 Å². The van der Waals surface area contributed by atoms with Gasteiger partial charge in [0.25, 0.3) is 0 Å². The van der Waals surface area contributed by atoms with Crippen LogP contribution in [0.15, 0.2) is 29.3 Å². The van der Waals surface area contributed by atoms with Crippen molar-refractivity contribution < 1.29 is 14.3 Å². The zero-order valence-corrected chi connectivity index (χ0v) is 17.1. The molecule has 0 radical (unpaired) electrons. The molecule has 2 amide bonds. The van der Waals surface area contributed by atoms with E-state index in [-0.39, 0.29) is 36.1 Å². The number of benzene rings is 1. The molecule has 0 aromatic heterocycles. The molecule has 0 spiro atoms. The largest absolute Gasteiger partial charge is 0.450 e. The number of hydrogen-bond acceptors (Lipinski definition) is 4. The first kappa shape index (κ1) is 22.0. The molecule has 1 fully saturated rings. The predicted molar refractivity (Wildman–Crippen MR) is 110 cm³/mol. The summed E-state index contributed by atoms with van der Waals surface area (Å²) in [5.41, 5.74) is 12.5. The Hall–Kier alpha value is -2.04. The van der Waals surface area contributed by atoms with Crippen molar-refractivity contribution in [1.82, 2.24) is 10.2 Å². The molecule has 1 heterocycles. The van der Waals surface area contributed by atoms with Crippen molar-refractivity contribution in [2.24, 2.45) is 16.5 Å². The summed E-state index contributed by atoms with van der Waals surface area (Å²) >= 11 is 0. The van der Waals surface area contributed by atoms with Crippen molar-refractivity contribution in [2.75, 3.05) is 19.7 Å². The summed E-state index contributed by atoms with van der Waals surface area (Å²) in [5, 5.41) is 3.18. The van der Waals surface area contributed by atoms with Crippen molar-refractivity contribution >= 4 is 41.9 Å². The van der Waals surface area contributed by atoms with E-state index in [2.05, 4.69) is 10.3 Å². The van der Waals surface area contributed by atoms with E-state index >= 15 is 0 Å². The first-order valence-corrected chi connectivity index (χ1v) is 8.36. The van der Waals surface area contributed by atoms with Crippen LogP contribution in [0.1, 0.15) is 35.7 Å². The Morgan fingerprint density at radius 2 is 2.00 bits per heavy atom. The highest BCUT2D eigenvalue weighted by Gasteiger charge is 2.23. The van der Waals surface area contributed by atoms with Crippen LogP contribution >= 0.6 is 24.0 Å². The van der Waals surface area contributed by atoms with Crippen LogP contribution < -0.4 is 16.8 Å². The number of hydrogen-bond donors (Lipinski definition) is 3. The van der Waals surface area contributed by atoms with Gasteiger partial charge in [0.1, 0.15) is 0 Å². The summed E-state index contributed by atoms with van der Waals surface area (Å²) in [5.74, 6) is -0.121. The minimum atomic E-state index is -0.467. The first-order valence-electron chi connectivity index (χ1n) is 8.36. The third-order valence-electron chi connectivity index (χ3n) is 4.02. The minimum absolute atomic E-state index is 0. The molecule has 5 N–H and O–H groups in total. The van der Waals surface area contributed by atoms with Gasteiger partial charge in [-0.1, -0.05) is 12.1 Å². The summed E-state index contributed by atoms with van der Waals surface area (Å²) in [6.45, 7) is 3.80. The van der Waals surface area contributed by atoms with Crippen LogP contribution in [0, 0.1) is 0 Å². The molecule has 8 nitrogen and oxygen atoms in total. The molecule has 1 aromatic carbocycles. The quantitative estimate of drug-likeness (QED) is 0.338. The monoisotopic (exact) mass is 475 g/mol. The van der Waals surface area contributed by atoms with E-state index in [1.165, 1.54) is 0 Å². The van der Waals surface area contributed by atoms with E-state index in [1.807, 2.05) is 6.07 Å². The lowest BCUT2D eigenvalue weighted by Gasteiger charge is -2.31. The number of nitrogens with zero attached hydrogens (tertiary/aromatic N) is 2. The number of nitrogens with one attached hydrogen (secondary N) is 1. The van der Waals surface area contributed by atoms with E-state index in [4.69, 9.17) is 16.2 Å². The fourth-order valence-corrected chi connectivity index (χ4v) is 2.68. The Morgan fingerprint density at radius 1 is 1.31 bits per heavy atom. The Kier molecular flexibility index (Phi) is 9.17. The van der Waals surface area contributed by atoms with Gasteiger partial charge in [-0.05, 0) is 37.5 Å². The van der Waals surface area contributed by atoms with Crippen LogP contribution in [0.25, 0.3) is 0 Å². The maximum atomic E-state index is 11.7. The highest BCUT2D eigenvalue weighted by Crippen LogP contribution is 2.11. The Morgan fingerprint density at radius 3 is 2.62 bits per heavy atom. The summed E-state index contributed by atoms with van der Waals surface area (Å²) in [4.78, 5) is 28.8. The molecule has 1 aromatic rings. The second-order valence-electron chi connectivity index (χ2n) is 5.87. The lowest BCUT2D eigenvalue weighted by Crippen LogP contribution is -2.48. The number of halogens is 1. The number of piperidine rings is 1. The van der Waals surface area contributed by atoms with Crippen molar-refractivity contribution in [3.05, 3.63) is 35.4 Å². The fourth-order valence-electron chi connectivity index (χ4n) is 2.68. The third-order valence-corrected chi connectivity index (χ3v) is 4.02. The molecular weight excluding hydrogens is 449 g/mol. The van der Waals surface area contributed by atoms with Crippen LogP contribution in [0.5, 0.6) is 0 Å². The Balaban J connectivity index is 0.00000338. The molecule has 0 atom stereocenters. The molecule has 2 rings (SSSR count). The SMILES string of the molecule is CCOC(=O)N1CCC(NC(N)=NCc2cccc(C(N)=O)c2)CC1.I. The number of likely N-dealkylation sites (tertiary alicyclic amines) is 1. The van der Waals surface area contributed by atoms with Crippen LogP contribution in [-0.4, -0.2) is 48.6 Å². The highest BCUT2D eigenvalue weighted by atomic mass is 127. The number of carbonyl (C=O) groups is 2. The molecule has 1 aliphatic rings. The molecule has 1 aliphatic heterocycles. The molecule has 0 saturated carbocycles. The van der Waals surface area contributed by atoms with Crippen molar-refractivity contribution in [1.29, 1.82) is 0 Å². The number of primary amides is 1. The number of aliphatic imine (C=N–C) groups is 1. The summed E-state index contributed by atoms with van der Waals surface area (Å²) < 4.78 is 5.00. The Labute approximate surface area is 170 Å². The number of rotatable bonds is 5. The van der Waals surface area contributed by atoms with Crippen LogP contribution in [0.2, 0.25) is 0 Å². The maximum Gasteiger partial charge on any atom is 0.409 e. The number of amides is 2. The number of carbonyl (C=O) groups excluding carboxylic acids is 2. The molecule has 0 bridgehead atoms. The zero-order chi connectivity index (χ0) is 18.2. The number of ether oxygens (including phenoxy) is 1. The summed E-state index contributed by atoms with van der Waals surface area (Å²) in [7, 11) is 0. The van der Waals surface area contributed by atoms with Gasteiger partial charge in [0, 0.05) is 24.7 Å². The van der Waals surface area contributed by atoms with E-state index < -0.39 is 5.91 Å². The molecule has 9 heteroatoms. The van der Waals surface area contributed by atoms with Gasteiger partial charge >= 0.3 is 6.09 Å². The number of guanidine groups is 1. The van der Waals surface area contributed by atoms with E-state index in [9.17, 15) is 9.59 Å². The standard InChI is InChI=1S/C17H25N5O3.HI/c1-2-25-17(24)22-8-6-14(7-9-22)21-16(19)20-11-12-4-3-5-13(10-12)15(18)23;/h3-5,10,14H,2,6-9,11H2,1H3,(H2,18,23)(H3,19,20,21);1H. The fraction of sp³-hybridized carbons (Fsp3) is 0.471. The van der Waals surface area contributed by atoms with Crippen LogP contribution in [0.3, 0.4) is 0 Å². The maximum absolute atomic E-state index is 11.7. The predicted octanol–water partition coefficient (Wildman–Crippen LogP) is 1.43. The number of nitrogens with two attached hydrogens (primary N) is 2. The van der Waals surface area contributed by atoms with Crippen LogP contribution in [0.4, 0.5) is 4.79 Å². The van der Waals surface area contributed by atoms with Crippen LogP contribution in [-0.2, 0) is 11.3 Å². The van der Waals surface area contributed by atoms with Gasteiger partial charge < -0.3 is 26.4 Å². The average Bonchev–Trinajstić information content (AvgIpc) is 2.61.